The maximum Gasteiger partial charge on any atom is 0.131 e. The predicted octanol–water partition coefficient (Wildman–Crippen LogP) is 4.40. The first-order valence-corrected chi connectivity index (χ1v) is 6.33. The molecule has 2 nitrogen and oxygen atoms in total. The first kappa shape index (κ1) is 13.1. The normalized spacial score (nSPS) is 12.2. The lowest BCUT2D eigenvalue weighted by atomic mass is 10.1. The summed E-state index contributed by atoms with van der Waals surface area (Å²) in [6, 6.07) is 11.8. The van der Waals surface area contributed by atoms with Crippen molar-refractivity contribution in [2.24, 2.45) is 5.73 Å². The maximum atomic E-state index is 13.2. The quantitative estimate of drug-likeness (QED) is 0.912. The van der Waals surface area contributed by atoms with Gasteiger partial charge in [-0.05, 0) is 36.8 Å². The minimum absolute atomic E-state index is 0.0117. The van der Waals surface area contributed by atoms with E-state index in [9.17, 15) is 4.39 Å². The molecule has 0 radical (unpaired) electrons. The molecule has 2 aromatic rings. The number of halogens is 2. The van der Waals surface area contributed by atoms with Crippen LogP contribution in [0.4, 0.5) is 4.39 Å². The third-order valence-electron chi connectivity index (χ3n) is 2.48. The first-order chi connectivity index (χ1) is 8.54. The Morgan fingerprint density at radius 3 is 2.33 bits per heavy atom. The van der Waals surface area contributed by atoms with E-state index in [1.165, 1.54) is 12.1 Å². The van der Waals surface area contributed by atoms with E-state index < -0.39 is 0 Å². The molecule has 2 N–H and O–H groups in total. The van der Waals surface area contributed by atoms with Crippen LogP contribution in [0.1, 0.15) is 18.5 Å². The van der Waals surface area contributed by atoms with Crippen molar-refractivity contribution in [1.29, 1.82) is 0 Å². The number of nitrogens with two attached hydrogens (primary N) is 1. The fraction of sp³-hybridized carbons (Fsp3) is 0.143. The van der Waals surface area contributed by atoms with Gasteiger partial charge in [0.05, 0.1) is 0 Å². The zero-order valence-electron chi connectivity index (χ0n) is 9.86. The van der Waals surface area contributed by atoms with Crippen molar-refractivity contribution in [2.45, 2.75) is 13.0 Å². The van der Waals surface area contributed by atoms with Gasteiger partial charge < -0.3 is 10.5 Å². The second-order valence-corrected chi connectivity index (χ2v) is 4.98. The predicted molar refractivity (Wildman–Crippen MR) is 73.2 cm³/mol. The molecule has 0 saturated heterocycles. The third-order valence-corrected chi connectivity index (χ3v) is 2.94. The molecule has 0 aliphatic heterocycles. The second kappa shape index (κ2) is 5.50. The van der Waals surface area contributed by atoms with Gasteiger partial charge >= 0.3 is 0 Å². The molecule has 0 saturated carbocycles. The maximum absolute atomic E-state index is 13.2. The lowest BCUT2D eigenvalue weighted by molar-refractivity contribution is 0.476. The fourth-order valence-electron chi connectivity index (χ4n) is 1.56. The fourth-order valence-corrected chi connectivity index (χ4v) is 2.01. The zero-order valence-corrected chi connectivity index (χ0v) is 11.4. The van der Waals surface area contributed by atoms with Crippen molar-refractivity contribution in [3.05, 3.63) is 58.3 Å². The van der Waals surface area contributed by atoms with Gasteiger partial charge in [-0.25, -0.2) is 4.39 Å². The highest BCUT2D eigenvalue weighted by Crippen LogP contribution is 2.26. The van der Waals surface area contributed by atoms with Gasteiger partial charge in [-0.15, -0.1) is 0 Å². The summed E-state index contributed by atoms with van der Waals surface area (Å²) in [5.74, 6) is 0.763. The van der Waals surface area contributed by atoms with E-state index in [-0.39, 0.29) is 11.9 Å². The molecule has 0 aliphatic rings. The molecular weight excluding hydrogens is 297 g/mol. The molecule has 2 rings (SSSR count). The van der Waals surface area contributed by atoms with Gasteiger partial charge in [-0.3, -0.25) is 0 Å². The van der Waals surface area contributed by atoms with Gasteiger partial charge in [0, 0.05) is 16.6 Å². The second-order valence-electron chi connectivity index (χ2n) is 4.06. The van der Waals surface area contributed by atoms with Crippen molar-refractivity contribution in [1.82, 2.24) is 0 Å². The molecule has 4 heteroatoms. The van der Waals surface area contributed by atoms with Gasteiger partial charge in [-0.2, -0.15) is 0 Å². The van der Waals surface area contributed by atoms with Crippen molar-refractivity contribution in [3.8, 4) is 11.5 Å². The Bertz CT molecular complexity index is 520. The highest BCUT2D eigenvalue weighted by Gasteiger charge is 2.03. The summed E-state index contributed by atoms with van der Waals surface area (Å²) >= 11 is 3.22. The van der Waals surface area contributed by atoms with Crippen molar-refractivity contribution in [2.75, 3.05) is 0 Å². The van der Waals surface area contributed by atoms with E-state index in [0.29, 0.717) is 16.0 Å². The molecule has 1 unspecified atom stereocenters. The summed E-state index contributed by atoms with van der Waals surface area (Å²) < 4.78 is 19.4. The number of hydrogen-bond acceptors (Lipinski definition) is 2. The molecule has 94 valence electrons. The van der Waals surface area contributed by atoms with E-state index >= 15 is 0 Å². The van der Waals surface area contributed by atoms with Gasteiger partial charge in [-0.1, -0.05) is 28.1 Å². The van der Waals surface area contributed by atoms with Crippen molar-refractivity contribution >= 4 is 15.9 Å². The molecule has 0 fully saturated rings. The van der Waals surface area contributed by atoms with Crippen LogP contribution in [-0.4, -0.2) is 0 Å². The molecule has 0 bridgehead atoms. The molecule has 0 aromatic heterocycles. The molecular formula is C14H13BrFNO. The lowest BCUT2D eigenvalue weighted by Crippen LogP contribution is -2.04. The molecule has 0 heterocycles. The molecule has 0 aliphatic carbocycles. The average molecular weight is 310 g/mol. The van der Waals surface area contributed by atoms with Crippen LogP contribution < -0.4 is 10.5 Å². The molecule has 0 spiro atoms. The minimum atomic E-state index is -0.341. The Hall–Kier alpha value is -1.39. The lowest BCUT2D eigenvalue weighted by Gasteiger charge is -2.09. The van der Waals surface area contributed by atoms with Crippen LogP contribution in [0.15, 0.2) is 46.9 Å². The number of rotatable bonds is 3. The van der Waals surface area contributed by atoms with Crippen molar-refractivity contribution in [3.63, 3.8) is 0 Å². The average Bonchev–Trinajstić information content (AvgIpc) is 2.28. The minimum Gasteiger partial charge on any atom is -0.457 e. The SMILES string of the molecule is CC(N)c1ccc(Oc2cc(F)cc(Br)c2)cc1. The Kier molecular flexibility index (Phi) is 3.99. The molecule has 18 heavy (non-hydrogen) atoms. The number of hydrogen-bond donors (Lipinski definition) is 1. The summed E-state index contributed by atoms with van der Waals surface area (Å²) in [5, 5.41) is 0. The number of benzene rings is 2. The summed E-state index contributed by atoms with van der Waals surface area (Å²) in [4.78, 5) is 0. The van der Waals surface area contributed by atoms with Crippen LogP contribution in [0.2, 0.25) is 0 Å². The summed E-state index contributed by atoms with van der Waals surface area (Å²) in [7, 11) is 0. The van der Waals surface area contributed by atoms with E-state index in [0.717, 1.165) is 5.56 Å². The first-order valence-electron chi connectivity index (χ1n) is 5.54. The van der Waals surface area contributed by atoms with Gasteiger partial charge in [0.15, 0.2) is 0 Å². The summed E-state index contributed by atoms with van der Waals surface area (Å²) in [6.45, 7) is 1.92. The van der Waals surface area contributed by atoms with Crippen LogP contribution >= 0.6 is 15.9 Å². The van der Waals surface area contributed by atoms with Crippen LogP contribution in [0.25, 0.3) is 0 Å². The topological polar surface area (TPSA) is 35.2 Å². The summed E-state index contributed by atoms with van der Waals surface area (Å²) in [6.07, 6.45) is 0. The number of ether oxygens (including phenoxy) is 1. The monoisotopic (exact) mass is 309 g/mol. The van der Waals surface area contributed by atoms with E-state index in [1.807, 2.05) is 31.2 Å². The largest absolute Gasteiger partial charge is 0.457 e. The smallest absolute Gasteiger partial charge is 0.131 e. The standard InChI is InChI=1S/C14H13BrFNO/c1-9(17)10-2-4-13(5-3-10)18-14-7-11(15)6-12(16)8-14/h2-9H,17H2,1H3. The van der Waals surface area contributed by atoms with Gasteiger partial charge in [0.25, 0.3) is 0 Å². The Balaban J connectivity index is 2.18. The van der Waals surface area contributed by atoms with Gasteiger partial charge in [0.1, 0.15) is 17.3 Å². The third kappa shape index (κ3) is 3.31. The Morgan fingerprint density at radius 2 is 1.78 bits per heavy atom. The zero-order chi connectivity index (χ0) is 13.1. The van der Waals surface area contributed by atoms with Crippen LogP contribution in [0, 0.1) is 5.82 Å². The van der Waals surface area contributed by atoms with Crippen LogP contribution in [0.5, 0.6) is 11.5 Å². The van der Waals surface area contributed by atoms with Gasteiger partial charge in [0.2, 0.25) is 0 Å². The van der Waals surface area contributed by atoms with E-state index in [4.69, 9.17) is 10.5 Å². The van der Waals surface area contributed by atoms with E-state index in [2.05, 4.69) is 15.9 Å². The highest BCUT2D eigenvalue weighted by atomic mass is 79.9. The highest BCUT2D eigenvalue weighted by molar-refractivity contribution is 9.10. The van der Waals surface area contributed by atoms with E-state index in [1.54, 1.807) is 6.07 Å². The van der Waals surface area contributed by atoms with Crippen LogP contribution in [0.3, 0.4) is 0 Å². The molecule has 2 aromatic carbocycles. The Labute approximate surface area is 114 Å². The van der Waals surface area contributed by atoms with Crippen LogP contribution in [-0.2, 0) is 0 Å². The van der Waals surface area contributed by atoms with Crippen molar-refractivity contribution < 1.29 is 9.13 Å². The Morgan fingerprint density at radius 1 is 1.11 bits per heavy atom. The molecule has 0 amide bonds. The summed E-state index contributed by atoms with van der Waals surface area (Å²) in [5.41, 5.74) is 6.79. The molecule has 1 atom stereocenters.